The number of pyridine rings is 1. The lowest BCUT2D eigenvalue weighted by molar-refractivity contribution is 0.0914. The normalized spacial score (nSPS) is 22.0. The molecule has 0 radical (unpaired) electrons. The Morgan fingerprint density at radius 2 is 2.24 bits per heavy atom. The summed E-state index contributed by atoms with van der Waals surface area (Å²) in [4.78, 5) is 32.9. The number of piperidine rings is 1. The van der Waals surface area contributed by atoms with Crippen molar-refractivity contribution in [1.29, 1.82) is 0 Å². The Morgan fingerprint density at radius 1 is 1.44 bits per heavy atom. The Labute approximate surface area is 145 Å². The fraction of sp³-hybridized carbons (Fsp3) is 0.500. The van der Waals surface area contributed by atoms with E-state index in [-0.39, 0.29) is 17.2 Å². The average molecular weight is 342 g/mol. The van der Waals surface area contributed by atoms with Gasteiger partial charge in [-0.2, -0.15) is 0 Å². The molecule has 7 nitrogen and oxygen atoms in total. The summed E-state index contributed by atoms with van der Waals surface area (Å²) in [6, 6.07) is 1.90. The molecule has 2 fully saturated rings. The van der Waals surface area contributed by atoms with Crippen molar-refractivity contribution in [3.63, 3.8) is 0 Å². The highest BCUT2D eigenvalue weighted by Crippen LogP contribution is 2.48. The summed E-state index contributed by atoms with van der Waals surface area (Å²) in [6.45, 7) is 3.03. The molecule has 25 heavy (non-hydrogen) atoms. The SMILES string of the molecule is CC1(C(=O)c2c[nH]c3nccc(NC4CCCN(C(=O)O)C4)c23)CC1. The van der Waals surface area contributed by atoms with Crippen LogP contribution in [0, 0.1) is 5.41 Å². The molecule has 1 saturated heterocycles. The van der Waals surface area contributed by atoms with E-state index in [1.807, 2.05) is 13.0 Å². The lowest BCUT2D eigenvalue weighted by Gasteiger charge is -2.32. The Balaban J connectivity index is 1.64. The molecule has 1 aliphatic carbocycles. The van der Waals surface area contributed by atoms with Gasteiger partial charge in [0.2, 0.25) is 0 Å². The topological polar surface area (TPSA) is 98.3 Å². The molecular weight excluding hydrogens is 320 g/mol. The zero-order valence-corrected chi connectivity index (χ0v) is 14.2. The number of fused-ring (bicyclic) bond motifs is 1. The van der Waals surface area contributed by atoms with Crippen LogP contribution in [0.2, 0.25) is 0 Å². The van der Waals surface area contributed by atoms with Crippen LogP contribution in [0.4, 0.5) is 10.5 Å². The summed E-state index contributed by atoms with van der Waals surface area (Å²) in [5.74, 6) is 0.158. The molecule has 132 valence electrons. The van der Waals surface area contributed by atoms with Crippen molar-refractivity contribution in [2.24, 2.45) is 5.41 Å². The van der Waals surface area contributed by atoms with E-state index >= 15 is 0 Å². The van der Waals surface area contributed by atoms with Gasteiger partial charge in [-0.3, -0.25) is 4.79 Å². The van der Waals surface area contributed by atoms with Crippen LogP contribution in [-0.2, 0) is 0 Å². The van der Waals surface area contributed by atoms with Gasteiger partial charge in [0.15, 0.2) is 5.78 Å². The number of carbonyl (C=O) groups excluding carboxylic acids is 1. The van der Waals surface area contributed by atoms with Gasteiger partial charge in [0.05, 0.1) is 5.39 Å². The summed E-state index contributed by atoms with van der Waals surface area (Å²) in [5.41, 5.74) is 1.96. The van der Waals surface area contributed by atoms with Gasteiger partial charge in [-0.1, -0.05) is 6.92 Å². The molecule has 1 saturated carbocycles. The minimum absolute atomic E-state index is 0.0322. The number of aromatic nitrogens is 2. The Hall–Kier alpha value is -2.57. The molecule has 4 rings (SSSR count). The largest absolute Gasteiger partial charge is 0.465 e. The van der Waals surface area contributed by atoms with Crippen LogP contribution in [-0.4, -0.2) is 51.0 Å². The van der Waals surface area contributed by atoms with E-state index in [0.717, 1.165) is 36.8 Å². The number of Topliss-reactive ketones (excluding diaryl/α,β-unsaturated/α-hetero) is 1. The van der Waals surface area contributed by atoms with Gasteiger partial charge in [-0.15, -0.1) is 0 Å². The molecule has 2 aliphatic rings. The summed E-state index contributed by atoms with van der Waals surface area (Å²) in [5, 5.41) is 13.5. The molecule has 3 heterocycles. The molecule has 0 spiro atoms. The van der Waals surface area contributed by atoms with E-state index in [2.05, 4.69) is 15.3 Å². The Bertz CT molecular complexity index is 840. The number of ketones is 1. The summed E-state index contributed by atoms with van der Waals surface area (Å²) in [7, 11) is 0. The third-order valence-electron chi connectivity index (χ3n) is 5.42. The Kier molecular flexibility index (Phi) is 3.67. The number of hydrogen-bond donors (Lipinski definition) is 3. The van der Waals surface area contributed by atoms with Crippen LogP contribution in [0.15, 0.2) is 18.5 Å². The molecule has 3 N–H and O–H groups in total. The highest BCUT2D eigenvalue weighted by molar-refractivity contribution is 6.14. The van der Waals surface area contributed by atoms with Crippen molar-refractivity contribution in [2.75, 3.05) is 18.4 Å². The van der Waals surface area contributed by atoms with E-state index in [1.165, 1.54) is 4.90 Å². The van der Waals surface area contributed by atoms with Gasteiger partial charge >= 0.3 is 6.09 Å². The maximum absolute atomic E-state index is 12.8. The standard InChI is InChI=1S/C18H22N4O3/c1-18(5-6-18)15(23)12-9-20-16-14(12)13(4-7-19-16)21-11-3-2-8-22(10-11)17(24)25/h4,7,9,11H,2-3,5-6,8,10H2,1H3,(H,24,25)(H2,19,20,21). The van der Waals surface area contributed by atoms with Crippen LogP contribution >= 0.6 is 0 Å². The number of H-pyrrole nitrogens is 1. The lowest BCUT2D eigenvalue weighted by Crippen LogP contribution is -2.44. The van der Waals surface area contributed by atoms with Crippen molar-refractivity contribution in [2.45, 2.75) is 38.6 Å². The van der Waals surface area contributed by atoms with Gasteiger partial charge in [-0.05, 0) is 31.7 Å². The van der Waals surface area contributed by atoms with Crippen LogP contribution in [0.3, 0.4) is 0 Å². The minimum atomic E-state index is -0.884. The van der Waals surface area contributed by atoms with Crippen LogP contribution in [0.5, 0.6) is 0 Å². The summed E-state index contributed by atoms with van der Waals surface area (Å²) in [6.07, 6.45) is 6.15. The number of carbonyl (C=O) groups is 2. The predicted octanol–water partition coefficient (Wildman–Crippen LogP) is 3.10. The highest BCUT2D eigenvalue weighted by Gasteiger charge is 2.46. The van der Waals surface area contributed by atoms with E-state index in [4.69, 9.17) is 0 Å². The van der Waals surface area contributed by atoms with Crippen molar-refractivity contribution in [3.05, 3.63) is 24.0 Å². The first kappa shape index (κ1) is 15.9. The third-order valence-corrected chi connectivity index (χ3v) is 5.42. The monoisotopic (exact) mass is 342 g/mol. The molecule has 1 atom stereocenters. The number of anilines is 1. The van der Waals surface area contributed by atoms with E-state index < -0.39 is 6.09 Å². The highest BCUT2D eigenvalue weighted by atomic mass is 16.4. The molecule has 2 aromatic rings. The predicted molar refractivity (Wildman–Crippen MR) is 94.0 cm³/mol. The first-order chi connectivity index (χ1) is 12.0. The van der Waals surface area contributed by atoms with Crippen LogP contribution < -0.4 is 5.32 Å². The quantitative estimate of drug-likeness (QED) is 0.742. The molecular formula is C18H22N4O3. The van der Waals surface area contributed by atoms with Crippen LogP contribution in [0.25, 0.3) is 11.0 Å². The number of hydrogen-bond acceptors (Lipinski definition) is 4. The second-order valence-corrected chi connectivity index (χ2v) is 7.39. The second kappa shape index (κ2) is 5.75. The van der Waals surface area contributed by atoms with Crippen molar-refractivity contribution < 1.29 is 14.7 Å². The number of aromatic amines is 1. The third kappa shape index (κ3) is 2.83. The van der Waals surface area contributed by atoms with Gasteiger partial charge in [0, 0.05) is 48.2 Å². The number of nitrogens with one attached hydrogen (secondary N) is 2. The fourth-order valence-corrected chi connectivity index (χ4v) is 3.58. The lowest BCUT2D eigenvalue weighted by atomic mass is 9.96. The first-order valence-corrected chi connectivity index (χ1v) is 8.73. The number of rotatable bonds is 4. The average Bonchev–Trinajstić information content (AvgIpc) is 3.20. The van der Waals surface area contributed by atoms with Gasteiger partial charge < -0.3 is 20.3 Å². The second-order valence-electron chi connectivity index (χ2n) is 7.39. The maximum atomic E-state index is 12.8. The summed E-state index contributed by atoms with van der Waals surface area (Å²) < 4.78 is 0. The Morgan fingerprint density at radius 3 is 2.96 bits per heavy atom. The zero-order valence-electron chi connectivity index (χ0n) is 14.2. The number of amides is 1. The molecule has 7 heteroatoms. The molecule has 0 aromatic carbocycles. The number of likely N-dealkylation sites (tertiary alicyclic amines) is 1. The molecule has 1 unspecified atom stereocenters. The van der Waals surface area contributed by atoms with E-state index in [0.29, 0.717) is 24.3 Å². The maximum Gasteiger partial charge on any atom is 0.407 e. The van der Waals surface area contributed by atoms with Crippen molar-refractivity contribution >= 4 is 28.6 Å². The van der Waals surface area contributed by atoms with Crippen LogP contribution in [0.1, 0.15) is 43.0 Å². The molecule has 0 bridgehead atoms. The van der Waals surface area contributed by atoms with E-state index in [9.17, 15) is 14.7 Å². The first-order valence-electron chi connectivity index (χ1n) is 8.73. The van der Waals surface area contributed by atoms with Gasteiger partial charge in [-0.25, -0.2) is 9.78 Å². The van der Waals surface area contributed by atoms with E-state index in [1.54, 1.807) is 12.4 Å². The van der Waals surface area contributed by atoms with Gasteiger partial charge in [0.1, 0.15) is 5.65 Å². The number of carboxylic acid groups (broad SMARTS) is 1. The van der Waals surface area contributed by atoms with Crippen molar-refractivity contribution in [1.82, 2.24) is 14.9 Å². The minimum Gasteiger partial charge on any atom is -0.465 e. The van der Waals surface area contributed by atoms with Crippen molar-refractivity contribution in [3.8, 4) is 0 Å². The fourth-order valence-electron chi connectivity index (χ4n) is 3.58. The zero-order chi connectivity index (χ0) is 17.6. The number of nitrogens with zero attached hydrogens (tertiary/aromatic N) is 2. The molecule has 1 amide bonds. The summed E-state index contributed by atoms with van der Waals surface area (Å²) >= 11 is 0. The molecule has 2 aromatic heterocycles. The molecule has 1 aliphatic heterocycles. The van der Waals surface area contributed by atoms with Gasteiger partial charge in [0.25, 0.3) is 0 Å². The smallest absolute Gasteiger partial charge is 0.407 e.